The molecule has 0 aliphatic rings. The fourth-order valence-electron chi connectivity index (χ4n) is 2.52. The van der Waals surface area contributed by atoms with E-state index >= 15 is 0 Å². The molecule has 0 fully saturated rings. The van der Waals surface area contributed by atoms with Crippen LogP contribution >= 0.6 is 0 Å². The highest BCUT2D eigenvalue weighted by Crippen LogP contribution is 2.27. The van der Waals surface area contributed by atoms with E-state index in [0.29, 0.717) is 17.0 Å². The minimum absolute atomic E-state index is 0.239. The summed E-state index contributed by atoms with van der Waals surface area (Å²) in [6, 6.07) is 12.6. The maximum Gasteiger partial charge on any atom is 0.339 e. The number of hydrogen-bond donors (Lipinski definition) is 1. The summed E-state index contributed by atoms with van der Waals surface area (Å²) in [5.74, 6) is -0.459. The highest BCUT2D eigenvalue weighted by Gasteiger charge is 2.29. The van der Waals surface area contributed by atoms with Crippen LogP contribution in [0.25, 0.3) is 0 Å². The van der Waals surface area contributed by atoms with Gasteiger partial charge in [0.15, 0.2) is 0 Å². The lowest BCUT2D eigenvalue weighted by Gasteiger charge is -2.20. The summed E-state index contributed by atoms with van der Waals surface area (Å²) < 4.78 is 6.30. The maximum absolute atomic E-state index is 11.8. The van der Waals surface area contributed by atoms with Crippen LogP contribution in [0.1, 0.15) is 34.2 Å². The fourth-order valence-corrected chi connectivity index (χ4v) is 2.52. The summed E-state index contributed by atoms with van der Waals surface area (Å²) in [6.45, 7) is 1.90. The number of benzene rings is 1. The summed E-state index contributed by atoms with van der Waals surface area (Å²) >= 11 is 0. The van der Waals surface area contributed by atoms with Gasteiger partial charge in [-0.2, -0.15) is 0 Å². The van der Waals surface area contributed by atoms with Crippen LogP contribution in [-0.4, -0.2) is 38.2 Å². The van der Waals surface area contributed by atoms with E-state index < -0.39 is 11.6 Å². The number of aliphatic hydroxyl groups is 1. The molecule has 0 saturated carbocycles. The molecule has 2 heterocycles. The Balaban J connectivity index is 1.87. The van der Waals surface area contributed by atoms with E-state index in [1.54, 1.807) is 31.5 Å². The first-order valence-electron chi connectivity index (χ1n) is 7.73. The van der Waals surface area contributed by atoms with Gasteiger partial charge in [-0.15, -0.1) is 5.10 Å². The second-order valence-electron chi connectivity index (χ2n) is 5.73. The van der Waals surface area contributed by atoms with Gasteiger partial charge < -0.3 is 9.84 Å². The molecule has 1 unspecified atom stereocenters. The summed E-state index contributed by atoms with van der Waals surface area (Å²) in [5.41, 5.74) is 0.751. The summed E-state index contributed by atoms with van der Waals surface area (Å²) in [4.78, 5) is 16.0. The first-order valence-corrected chi connectivity index (χ1v) is 7.73. The van der Waals surface area contributed by atoms with Gasteiger partial charge in [0.05, 0.1) is 31.1 Å². The molecule has 1 N–H and O–H groups in total. The Morgan fingerprint density at radius 3 is 2.72 bits per heavy atom. The Morgan fingerprint density at radius 2 is 2.00 bits per heavy atom. The predicted molar refractivity (Wildman–Crippen MR) is 89.8 cm³/mol. The molecular formula is C18H18N4O3. The molecule has 0 bridgehead atoms. The third-order valence-corrected chi connectivity index (χ3v) is 3.98. The average Bonchev–Trinajstić information content (AvgIpc) is 3.11. The zero-order valence-electron chi connectivity index (χ0n) is 14.0. The van der Waals surface area contributed by atoms with E-state index in [1.807, 2.05) is 30.3 Å². The number of carbonyl (C=O) groups excluding carboxylic acids is 1. The fraction of sp³-hybridized carbons (Fsp3) is 0.222. The molecule has 7 nitrogen and oxygen atoms in total. The normalized spacial score (nSPS) is 13.2. The second-order valence-corrected chi connectivity index (χ2v) is 5.73. The number of nitrogens with zero attached hydrogens (tertiary/aromatic N) is 4. The zero-order chi connectivity index (χ0) is 17.9. The molecule has 25 heavy (non-hydrogen) atoms. The molecule has 3 rings (SSSR count). The molecule has 0 aliphatic carbocycles. The van der Waals surface area contributed by atoms with Gasteiger partial charge in [0.25, 0.3) is 0 Å². The van der Waals surface area contributed by atoms with Crippen molar-refractivity contribution < 1.29 is 14.6 Å². The zero-order valence-corrected chi connectivity index (χ0v) is 14.0. The van der Waals surface area contributed by atoms with E-state index in [9.17, 15) is 9.90 Å². The molecule has 3 aromatic rings. The SMILES string of the molecule is COC(=O)c1cccnc1Cn1cc(C(C)(O)c2ccccc2)nn1. The Morgan fingerprint density at radius 1 is 1.24 bits per heavy atom. The van der Waals surface area contributed by atoms with E-state index in [2.05, 4.69) is 15.3 Å². The van der Waals surface area contributed by atoms with Crippen molar-refractivity contribution in [2.45, 2.75) is 19.1 Å². The van der Waals surface area contributed by atoms with Crippen molar-refractivity contribution in [3.63, 3.8) is 0 Å². The second kappa shape index (κ2) is 6.82. The van der Waals surface area contributed by atoms with Gasteiger partial charge >= 0.3 is 5.97 Å². The lowest BCUT2D eigenvalue weighted by molar-refractivity contribution is 0.0598. The largest absolute Gasteiger partial charge is 0.465 e. The first-order chi connectivity index (χ1) is 12.0. The van der Waals surface area contributed by atoms with Gasteiger partial charge in [0.2, 0.25) is 0 Å². The summed E-state index contributed by atoms with van der Waals surface area (Å²) in [7, 11) is 1.32. The summed E-state index contributed by atoms with van der Waals surface area (Å²) in [6.07, 6.45) is 3.24. The summed E-state index contributed by atoms with van der Waals surface area (Å²) in [5, 5.41) is 18.9. The third kappa shape index (κ3) is 3.41. The van der Waals surface area contributed by atoms with Crippen molar-refractivity contribution in [1.29, 1.82) is 0 Å². The van der Waals surface area contributed by atoms with Crippen molar-refractivity contribution in [3.05, 3.63) is 77.4 Å². The van der Waals surface area contributed by atoms with Gasteiger partial charge in [-0.25, -0.2) is 9.48 Å². The molecular weight excluding hydrogens is 320 g/mol. The van der Waals surface area contributed by atoms with Crippen LogP contribution in [0.5, 0.6) is 0 Å². The van der Waals surface area contributed by atoms with Gasteiger partial charge in [-0.1, -0.05) is 35.5 Å². The van der Waals surface area contributed by atoms with Crippen molar-refractivity contribution >= 4 is 5.97 Å². The van der Waals surface area contributed by atoms with Crippen LogP contribution in [0.3, 0.4) is 0 Å². The van der Waals surface area contributed by atoms with E-state index in [4.69, 9.17) is 4.74 Å². The third-order valence-electron chi connectivity index (χ3n) is 3.98. The number of rotatable bonds is 5. The first kappa shape index (κ1) is 16.8. The van der Waals surface area contributed by atoms with Gasteiger partial charge in [-0.3, -0.25) is 4.98 Å². The Labute approximate surface area is 144 Å². The number of methoxy groups -OCH3 is 1. The molecule has 0 radical (unpaired) electrons. The Hall–Kier alpha value is -3.06. The number of hydrogen-bond acceptors (Lipinski definition) is 6. The van der Waals surface area contributed by atoms with E-state index in [-0.39, 0.29) is 6.54 Å². The molecule has 0 spiro atoms. The molecule has 7 heteroatoms. The minimum atomic E-state index is -1.27. The number of pyridine rings is 1. The number of esters is 1. The molecule has 0 amide bonds. The van der Waals surface area contributed by atoms with Crippen LogP contribution in [0.15, 0.2) is 54.9 Å². The topological polar surface area (TPSA) is 90.1 Å². The average molecular weight is 338 g/mol. The minimum Gasteiger partial charge on any atom is -0.465 e. The van der Waals surface area contributed by atoms with E-state index in [1.165, 1.54) is 11.8 Å². The molecule has 0 saturated heterocycles. The van der Waals surface area contributed by atoms with Crippen molar-refractivity contribution in [2.75, 3.05) is 7.11 Å². The molecule has 0 aliphatic heterocycles. The maximum atomic E-state index is 11.8. The molecule has 128 valence electrons. The lowest BCUT2D eigenvalue weighted by atomic mass is 9.93. The number of carbonyl (C=O) groups is 1. The van der Waals surface area contributed by atoms with Gasteiger partial charge in [0.1, 0.15) is 11.3 Å². The van der Waals surface area contributed by atoms with E-state index in [0.717, 1.165) is 5.56 Å². The number of ether oxygens (including phenoxy) is 1. The van der Waals surface area contributed by atoms with Gasteiger partial charge in [0, 0.05) is 6.20 Å². The number of aromatic nitrogens is 4. The molecule has 1 aromatic carbocycles. The molecule has 2 aromatic heterocycles. The van der Waals surface area contributed by atoms with Gasteiger partial charge in [-0.05, 0) is 24.6 Å². The molecule has 1 atom stereocenters. The lowest BCUT2D eigenvalue weighted by Crippen LogP contribution is -2.23. The Kier molecular flexibility index (Phi) is 4.58. The van der Waals surface area contributed by atoms with Crippen molar-refractivity contribution in [2.24, 2.45) is 0 Å². The van der Waals surface area contributed by atoms with Crippen LogP contribution < -0.4 is 0 Å². The van der Waals surface area contributed by atoms with Crippen LogP contribution in [-0.2, 0) is 16.9 Å². The van der Waals surface area contributed by atoms with Crippen LogP contribution in [0.2, 0.25) is 0 Å². The smallest absolute Gasteiger partial charge is 0.339 e. The van der Waals surface area contributed by atoms with Crippen LogP contribution in [0, 0.1) is 0 Å². The predicted octanol–water partition coefficient (Wildman–Crippen LogP) is 1.76. The van der Waals surface area contributed by atoms with Crippen molar-refractivity contribution in [3.8, 4) is 0 Å². The highest BCUT2D eigenvalue weighted by molar-refractivity contribution is 5.90. The quantitative estimate of drug-likeness (QED) is 0.713. The highest BCUT2D eigenvalue weighted by atomic mass is 16.5. The monoisotopic (exact) mass is 338 g/mol. The Bertz CT molecular complexity index is 875. The van der Waals surface area contributed by atoms with Crippen LogP contribution in [0.4, 0.5) is 0 Å². The van der Waals surface area contributed by atoms with Crippen molar-refractivity contribution in [1.82, 2.24) is 20.0 Å². The standard InChI is InChI=1S/C18H18N4O3/c1-18(24,13-7-4-3-5-8-13)16-12-22(21-20-16)11-15-14(17(23)25-2)9-6-10-19-15/h3-10,12,24H,11H2,1-2H3.